The normalized spacial score (nSPS) is 16.1. The van der Waals surface area contributed by atoms with Crippen LogP contribution in [0.2, 0.25) is 5.02 Å². The lowest BCUT2D eigenvalue weighted by Crippen LogP contribution is -2.27. The van der Waals surface area contributed by atoms with E-state index in [1.807, 2.05) is 24.4 Å². The number of benzene rings is 3. The SMILES string of the molecule is Cc1ccc(Cn2cc(/C=C3\SC(=O)N(Cc4cc5c(cc4Cl)OCO5)C3=O)c3ccccc32)cc1. The minimum atomic E-state index is -0.339. The van der Waals surface area contributed by atoms with Crippen molar-refractivity contribution >= 4 is 51.5 Å². The summed E-state index contributed by atoms with van der Waals surface area (Å²) in [7, 11) is 0. The van der Waals surface area contributed by atoms with Gasteiger partial charge in [0.05, 0.1) is 11.4 Å². The van der Waals surface area contributed by atoms with Crippen molar-refractivity contribution in [1.29, 1.82) is 0 Å². The van der Waals surface area contributed by atoms with E-state index in [2.05, 4.69) is 41.8 Å². The average Bonchev–Trinajstić information content (AvgIpc) is 3.54. The molecule has 0 unspecified atom stereocenters. The molecular weight excluding hydrogens is 496 g/mol. The number of imide groups is 1. The maximum absolute atomic E-state index is 13.2. The van der Waals surface area contributed by atoms with Gasteiger partial charge >= 0.3 is 0 Å². The Kier molecular flexibility index (Phi) is 5.74. The number of ether oxygens (including phenoxy) is 2. The summed E-state index contributed by atoms with van der Waals surface area (Å²) >= 11 is 7.32. The lowest BCUT2D eigenvalue weighted by atomic mass is 10.1. The van der Waals surface area contributed by atoms with Gasteiger partial charge in [0.15, 0.2) is 11.5 Å². The van der Waals surface area contributed by atoms with Crippen LogP contribution >= 0.6 is 23.4 Å². The fourth-order valence-electron chi connectivity index (χ4n) is 4.44. The van der Waals surface area contributed by atoms with Crippen LogP contribution in [0.3, 0.4) is 0 Å². The molecule has 1 fully saturated rings. The van der Waals surface area contributed by atoms with Crippen molar-refractivity contribution in [2.45, 2.75) is 20.0 Å². The number of halogens is 1. The predicted octanol–water partition coefficient (Wildman–Crippen LogP) is 6.62. The maximum Gasteiger partial charge on any atom is 0.293 e. The van der Waals surface area contributed by atoms with Gasteiger partial charge < -0.3 is 14.0 Å². The number of aromatic nitrogens is 1. The molecule has 0 bridgehead atoms. The first-order valence-corrected chi connectivity index (χ1v) is 12.6. The zero-order valence-corrected chi connectivity index (χ0v) is 20.9. The van der Waals surface area contributed by atoms with Crippen LogP contribution in [0.1, 0.15) is 22.3 Å². The Morgan fingerprint density at radius 2 is 1.75 bits per heavy atom. The number of hydrogen-bond donors (Lipinski definition) is 0. The number of para-hydroxylation sites is 1. The average molecular weight is 517 g/mol. The molecule has 0 radical (unpaired) electrons. The van der Waals surface area contributed by atoms with Crippen molar-refractivity contribution in [3.63, 3.8) is 0 Å². The molecule has 0 atom stereocenters. The summed E-state index contributed by atoms with van der Waals surface area (Å²) in [5.74, 6) is 0.771. The summed E-state index contributed by atoms with van der Waals surface area (Å²) in [6.45, 7) is 2.96. The predicted molar refractivity (Wildman–Crippen MR) is 141 cm³/mol. The summed E-state index contributed by atoms with van der Waals surface area (Å²) in [6, 6.07) is 19.9. The molecule has 1 saturated heterocycles. The van der Waals surface area contributed by atoms with Crippen molar-refractivity contribution in [2.24, 2.45) is 0 Å². The molecule has 4 aromatic rings. The number of rotatable bonds is 5. The van der Waals surface area contributed by atoms with Crippen LogP contribution in [0, 0.1) is 6.92 Å². The van der Waals surface area contributed by atoms with Crippen LogP contribution in [-0.2, 0) is 17.9 Å². The van der Waals surface area contributed by atoms with E-state index in [-0.39, 0.29) is 24.5 Å². The Labute approximate surface area is 217 Å². The summed E-state index contributed by atoms with van der Waals surface area (Å²) < 4.78 is 12.9. The third-order valence-electron chi connectivity index (χ3n) is 6.32. The number of amides is 2. The topological polar surface area (TPSA) is 60.8 Å². The maximum atomic E-state index is 13.2. The minimum absolute atomic E-state index is 0.0622. The zero-order valence-electron chi connectivity index (χ0n) is 19.4. The van der Waals surface area contributed by atoms with Gasteiger partial charge in [-0.05, 0) is 48.0 Å². The second-order valence-corrected chi connectivity index (χ2v) is 10.2. The van der Waals surface area contributed by atoms with Crippen molar-refractivity contribution in [1.82, 2.24) is 9.47 Å². The summed E-state index contributed by atoms with van der Waals surface area (Å²) in [5, 5.41) is 1.11. The molecule has 0 N–H and O–H groups in total. The molecule has 2 aliphatic rings. The van der Waals surface area contributed by atoms with Crippen molar-refractivity contribution in [3.8, 4) is 11.5 Å². The molecule has 0 spiro atoms. The van der Waals surface area contributed by atoms with Gasteiger partial charge in [0.25, 0.3) is 11.1 Å². The molecule has 0 aliphatic carbocycles. The van der Waals surface area contributed by atoms with E-state index >= 15 is 0 Å². The quantitative estimate of drug-likeness (QED) is 0.279. The fourth-order valence-corrected chi connectivity index (χ4v) is 5.48. The smallest absolute Gasteiger partial charge is 0.293 e. The zero-order chi connectivity index (χ0) is 24.8. The lowest BCUT2D eigenvalue weighted by molar-refractivity contribution is -0.123. The van der Waals surface area contributed by atoms with Crippen LogP contribution in [0.4, 0.5) is 4.79 Å². The first-order valence-electron chi connectivity index (χ1n) is 11.4. The summed E-state index contributed by atoms with van der Waals surface area (Å²) in [4.78, 5) is 27.6. The highest BCUT2D eigenvalue weighted by atomic mass is 35.5. The van der Waals surface area contributed by atoms with Crippen molar-refractivity contribution in [3.05, 3.63) is 99.0 Å². The number of carbonyl (C=O) groups excluding carboxylic acids is 2. The van der Waals surface area contributed by atoms with Gasteiger partial charge in [-0.15, -0.1) is 0 Å². The molecule has 0 saturated carbocycles. The Balaban J connectivity index is 1.30. The van der Waals surface area contributed by atoms with Crippen molar-refractivity contribution in [2.75, 3.05) is 6.79 Å². The summed E-state index contributed by atoms with van der Waals surface area (Å²) in [5.41, 5.74) is 4.99. The Hall–Kier alpha value is -3.68. The molecule has 2 aliphatic heterocycles. The molecule has 2 amide bonds. The molecule has 36 heavy (non-hydrogen) atoms. The molecule has 6 rings (SSSR count). The number of hydrogen-bond acceptors (Lipinski definition) is 5. The molecule has 3 aromatic carbocycles. The van der Waals surface area contributed by atoms with E-state index in [0.29, 0.717) is 33.5 Å². The first-order chi connectivity index (χ1) is 17.5. The van der Waals surface area contributed by atoms with Crippen LogP contribution in [0.15, 0.2) is 71.8 Å². The van der Waals surface area contributed by atoms with Gasteiger partial charge in [-0.2, -0.15) is 0 Å². The van der Waals surface area contributed by atoms with Crippen LogP contribution in [0.25, 0.3) is 17.0 Å². The molecule has 8 heteroatoms. The third kappa shape index (κ3) is 4.14. The highest BCUT2D eigenvalue weighted by Gasteiger charge is 2.36. The van der Waals surface area contributed by atoms with Gasteiger partial charge in [-0.25, -0.2) is 0 Å². The summed E-state index contributed by atoms with van der Waals surface area (Å²) in [6.07, 6.45) is 3.84. The monoisotopic (exact) mass is 516 g/mol. The highest BCUT2D eigenvalue weighted by Crippen LogP contribution is 2.40. The Morgan fingerprint density at radius 3 is 2.56 bits per heavy atom. The number of nitrogens with zero attached hydrogens (tertiary/aromatic N) is 2. The highest BCUT2D eigenvalue weighted by molar-refractivity contribution is 8.18. The second kappa shape index (κ2) is 9.08. The number of carbonyl (C=O) groups is 2. The molecule has 6 nitrogen and oxygen atoms in total. The first kappa shape index (κ1) is 22.8. The van der Waals surface area contributed by atoms with E-state index in [9.17, 15) is 9.59 Å². The van der Waals surface area contributed by atoms with Gasteiger partial charge in [0, 0.05) is 40.3 Å². The van der Waals surface area contributed by atoms with Crippen LogP contribution in [0.5, 0.6) is 11.5 Å². The Morgan fingerprint density at radius 1 is 1.00 bits per heavy atom. The number of aryl methyl sites for hydroxylation is 1. The van der Waals surface area contributed by atoms with E-state index in [1.54, 1.807) is 18.2 Å². The van der Waals surface area contributed by atoms with Crippen molar-refractivity contribution < 1.29 is 19.1 Å². The second-order valence-electron chi connectivity index (χ2n) is 8.78. The lowest BCUT2D eigenvalue weighted by Gasteiger charge is -2.14. The molecule has 180 valence electrons. The number of thioether (sulfide) groups is 1. The van der Waals surface area contributed by atoms with Gasteiger partial charge in [0.2, 0.25) is 6.79 Å². The van der Waals surface area contributed by atoms with Gasteiger partial charge in [-0.3, -0.25) is 14.5 Å². The molecular formula is C28H21ClN2O4S. The molecule has 3 heterocycles. The van der Waals surface area contributed by atoms with Gasteiger partial charge in [-0.1, -0.05) is 59.6 Å². The largest absolute Gasteiger partial charge is 0.454 e. The standard InChI is InChI=1S/C28H21ClN2O4S/c1-17-6-8-18(9-7-17)13-30-14-19(21-4-2-3-5-23(21)30)11-26-27(32)31(28(33)36-26)15-20-10-24-25(12-22(20)29)35-16-34-24/h2-12,14H,13,15-16H2,1H3/b26-11-. The third-order valence-corrected chi connectivity index (χ3v) is 7.58. The Bertz CT molecular complexity index is 1560. The van der Waals surface area contributed by atoms with Crippen LogP contribution in [-0.4, -0.2) is 27.4 Å². The van der Waals surface area contributed by atoms with E-state index in [1.165, 1.54) is 16.0 Å². The van der Waals surface area contributed by atoms with Crippen LogP contribution < -0.4 is 9.47 Å². The number of fused-ring (bicyclic) bond motifs is 2. The van der Waals surface area contributed by atoms with E-state index in [4.69, 9.17) is 21.1 Å². The van der Waals surface area contributed by atoms with Gasteiger partial charge in [0.1, 0.15) is 0 Å². The van der Waals surface area contributed by atoms with E-state index < -0.39 is 0 Å². The fraction of sp³-hybridized carbons (Fsp3) is 0.143. The van der Waals surface area contributed by atoms with E-state index in [0.717, 1.165) is 28.2 Å². The minimum Gasteiger partial charge on any atom is -0.454 e. The molecule has 1 aromatic heterocycles.